The molecule has 0 fully saturated rings. The van der Waals surface area contributed by atoms with Gasteiger partial charge in [-0.3, -0.25) is 4.79 Å². The zero-order valence-corrected chi connectivity index (χ0v) is 34.1. The van der Waals surface area contributed by atoms with Crippen molar-refractivity contribution in [2.45, 2.75) is 25.9 Å². The summed E-state index contributed by atoms with van der Waals surface area (Å²) in [5, 5.41) is 24.3. The van der Waals surface area contributed by atoms with Crippen LogP contribution in [0.1, 0.15) is 48.5 Å². The number of aromatic carboxylic acids is 1. The van der Waals surface area contributed by atoms with Gasteiger partial charge < -0.3 is 15.5 Å². The molecule has 3 N–H and O–H groups in total. The summed E-state index contributed by atoms with van der Waals surface area (Å²) in [5.74, 6) is -1.84. The van der Waals surface area contributed by atoms with Crippen molar-refractivity contribution in [1.82, 2.24) is 5.32 Å². The molecule has 1 unspecified atom stereocenters. The first-order valence-corrected chi connectivity index (χ1v) is 20.6. The van der Waals surface area contributed by atoms with E-state index in [1.165, 1.54) is 24.3 Å². The van der Waals surface area contributed by atoms with E-state index in [1.54, 1.807) is 66.0 Å². The van der Waals surface area contributed by atoms with E-state index in [1.807, 2.05) is 54.6 Å². The van der Waals surface area contributed by atoms with Gasteiger partial charge in [-0.15, -0.1) is 22.7 Å². The van der Waals surface area contributed by atoms with Crippen molar-refractivity contribution in [1.29, 1.82) is 0 Å². The summed E-state index contributed by atoms with van der Waals surface area (Å²) in [4.78, 5) is 25.9. The summed E-state index contributed by atoms with van der Waals surface area (Å²) in [6, 6.07) is 39.8. The smallest absolute Gasteiger partial charge is 0.335 e. The Bertz CT molecular complexity index is 2760. The molecule has 0 aliphatic rings. The lowest BCUT2D eigenvalue weighted by Crippen LogP contribution is -2.30. The van der Waals surface area contributed by atoms with Crippen molar-refractivity contribution in [2.75, 3.05) is 6.54 Å². The molecule has 58 heavy (non-hydrogen) atoms. The van der Waals surface area contributed by atoms with E-state index in [-0.39, 0.29) is 29.6 Å². The predicted molar refractivity (Wildman–Crippen MR) is 234 cm³/mol. The first kappa shape index (κ1) is 40.8. The summed E-state index contributed by atoms with van der Waals surface area (Å²) in [7, 11) is 0. The Morgan fingerprint density at radius 1 is 0.638 bits per heavy atom. The van der Waals surface area contributed by atoms with E-state index in [4.69, 9.17) is 23.2 Å². The fraction of sp³-hybridized carbons (Fsp3) is 0.106. The molecule has 11 heteroatoms. The second-order valence-corrected chi connectivity index (χ2v) is 17.0. The number of hydrogen-bond donors (Lipinski definition) is 3. The van der Waals surface area contributed by atoms with Gasteiger partial charge in [-0.05, 0) is 124 Å². The van der Waals surface area contributed by atoms with E-state index in [0.29, 0.717) is 28.5 Å². The molecule has 6 aromatic carbocycles. The number of hydrogen-bond acceptors (Lipinski definition) is 5. The molecule has 2 heterocycles. The van der Waals surface area contributed by atoms with E-state index < -0.39 is 12.1 Å². The van der Waals surface area contributed by atoms with E-state index in [2.05, 4.69) is 23.5 Å². The molecular formula is C47H35Cl2F2NO4S2. The third kappa shape index (κ3) is 9.99. The van der Waals surface area contributed by atoms with Gasteiger partial charge in [-0.25, -0.2) is 13.6 Å². The highest BCUT2D eigenvalue weighted by molar-refractivity contribution is 7.20. The number of carbonyl (C=O) groups excluding carboxylic acids is 1. The fourth-order valence-electron chi connectivity index (χ4n) is 6.68. The van der Waals surface area contributed by atoms with Crippen molar-refractivity contribution in [3.8, 4) is 22.3 Å². The Labute approximate surface area is 351 Å². The average Bonchev–Trinajstić information content (AvgIpc) is 3.79. The number of benzene rings is 6. The van der Waals surface area contributed by atoms with Crippen LogP contribution in [0.3, 0.4) is 0 Å². The molecule has 8 rings (SSSR count). The normalized spacial score (nSPS) is 11.6. The lowest BCUT2D eigenvalue weighted by Gasteiger charge is -2.09. The third-order valence-electron chi connectivity index (χ3n) is 9.21. The molecule has 0 aliphatic carbocycles. The quantitative estimate of drug-likeness (QED) is 0.128. The molecule has 0 spiro atoms. The van der Waals surface area contributed by atoms with Crippen LogP contribution in [0.4, 0.5) is 8.78 Å². The minimum Gasteiger partial charge on any atom is -0.478 e. The molecular weight excluding hydrogens is 816 g/mol. The average molecular weight is 851 g/mol. The number of carboxylic acids is 1. The van der Waals surface area contributed by atoms with E-state index in [0.717, 1.165) is 63.3 Å². The second-order valence-electron chi connectivity index (χ2n) is 13.8. The maximum atomic E-state index is 13.7. The van der Waals surface area contributed by atoms with Crippen LogP contribution in [0.5, 0.6) is 0 Å². The maximum Gasteiger partial charge on any atom is 0.335 e. The van der Waals surface area contributed by atoms with Crippen molar-refractivity contribution < 1.29 is 28.6 Å². The van der Waals surface area contributed by atoms with Crippen LogP contribution in [0, 0.1) is 11.6 Å². The van der Waals surface area contributed by atoms with Gasteiger partial charge in [0.05, 0.1) is 11.7 Å². The summed E-state index contributed by atoms with van der Waals surface area (Å²) < 4.78 is 29.5. The summed E-state index contributed by atoms with van der Waals surface area (Å²) in [6.45, 7) is 1.83. The highest BCUT2D eigenvalue weighted by Crippen LogP contribution is 2.38. The van der Waals surface area contributed by atoms with Gasteiger partial charge in [-0.1, -0.05) is 83.9 Å². The highest BCUT2D eigenvalue weighted by atomic mass is 35.5. The number of carboxylic acid groups (broad SMARTS) is 1. The Kier molecular flexibility index (Phi) is 12.7. The molecule has 1 amide bonds. The molecule has 0 aliphatic heterocycles. The molecule has 292 valence electrons. The molecule has 0 saturated heterocycles. The van der Waals surface area contributed by atoms with Gasteiger partial charge in [0.25, 0.3) is 5.91 Å². The summed E-state index contributed by atoms with van der Waals surface area (Å²) >= 11 is 15.2. The molecule has 2 aromatic heterocycles. The number of carbonyl (C=O) groups is 2. The zero-order valence-electron chi connectivity index (χ0n) is 30.9. The van der Waals surface area contributed by atoms with Crippen LogP contribution in [-0.4, -0.2) is 34.7 Å². The minimum absolute atomic E-state index is 0.205. The van der Waals surface area contributed by atoms with Crippen LogP contribution < -0.4 is 5.32 Å². The number of nitrogens with one attached hydrogen (secondary N) is 1. The Balaban J connectivity index is 0.000000178. The van der Waals surface area contributed by atoms with Crippen LogP contribution in [0.2, 0.25) is 10.0 Å². The zero-order chi connectivity index (χ0) is 40.9. The van der Waals surface area contributed by atoms with Crippen LogP contribution in [0.25, 0.3) is 42.4 Å². The standard InChI is InChI=1S/C25H21ClFNO2S.C22H14ClFO2S/c1-15(29)14-28-25(30)19-6-2-4-17(11-19)23-7-3-5-18-12-22(31-24(18)23)10-16-8-20(26)13-21(27)9-16;23-17-7-13(8-18(24)12-17)9-19-11-15-4-2-6-20(21(15)27-19)14-3-1-5-16(10-14)22(25)26/h2-9,11-13,15,29H,10,14H2,1H3,(H,28,30);1-8,10-12H,9H2,(H,25,26). The van der Waals surface area contributed by atoms with E-state index >= 15 is 0 Å². The van der Waals surface area contributed by atoms with Crippen LogP contribution in [-0.2, 0) is 12.8 Å². The third-order valence-corrected chi connectivity index (χ3v) is 12.0. The number of amides is 1. The Morgan fingerprint density at radius 2 is 1.10 bits per heavy atom. The number of halogens is 4. The number of rotatable bonds is 10. The predicted octanol–water partition coefficient (Wildman–Crippen LogP) is 12.7. The summed E-state index contributed by atoms with van der Waals surface area (Å²) in [6.07, 6.45) is 0.585. The first-order valence-electron chi connectivity index (χ1n) is 18.2. The Morgan fingerprint density at radius 3 is 1.57 bits per heavy atom. The minimum atomic E-state index is -0.945. The molecule has 5 nitrogen and oxygen atoms in total. The van der Waals surface area contributed by atoms with Crippen LogP contribution >= 0.6 is 45.9 Å². The Hall–Kier alpha value is -5.42. The highest BCUT2D eigenvalue weighted by Gasteiger charge is 2.14. The van der Waals surface area contributed by atoms with Gasteiger partial charge in [0.1, 0.15) is 11.6 Å². The number of fused-ring (bicyclic) bond motifs is 2. The van der Waals surface area contributed by atoms with Crippen molar-refractivity contribution >= 4 is 77.9 Å². The topological polar surface area (TPSA) is 86.6 Å². The molecule has 0 radical (unpaired) electrons. The number of aliphatic hydroxyl groups is 1. The molecule has 1 atom stereocenters. The molecule has 8 aromatic rings. The van der Waals surface area contributed by atoms with Crippen molar-refractivity contribution in [2.24, 2.45) is 0 Å². The largest absolute Gasteiger partial charge is 0.478 e. The van der Waals surface area contributed by atoms with E-state index in [9.17, 15) is 28.6 Å². The number of aliphatic hydroxyl groups excluding tert-OH is 1. The van der Waals surface area contributed by atoms with Crippen molar-refractivity contribution in [3.05, 3.63) is 187 Å². The lowest BCUT2D eigenvalue weighted by atomic mass is 10.0. The molecule has 0 saturated carbocycles. The van der Waals surface area contributed by atoms with Crippen molar-refractivity contribution in [3.63, 3.8) is 0 Å². The van der Waals surface area contributed by atoms with Gasteiger partial charge in [0, 0.05) is 54.1 Å². The van der Waals surface area contributed by atoms with Gasteiger partial charge in [0.2, 0.25) is 0 Å². The fourth-order valence-corrected chi connectivity index (χ4v) is 9.62. The maximum absolute atomic E-state index is 13.7. The number of thiophene rings is 2. The molecule has 0 bridgehead atoms. The summed E-state index contributed by atoms with van der Waals surface area (Å²) in [5.41, 5.74) is 6.29. The van der Waals surface area contributed by atoms with Gasteiger partial charge in [0.15, 0.2) is 0 Å². The monoisotopic (exact) mass is 849 g/mol. The SMILES string of the molecule is CC(O)CNC(=O)c1cccc(-c2cccc3cc(Cc4cc(F)cc(Cl)c4)sc23)c1.O=C(O)c1cccc(-c2cccc3cc(Cc4cc(F)cc(Cl)c4)sc23)c1. The second kappa shape index (κ2) is 18.0. The van der Waals surface area contributed by atoms with Gasteiger partial charge in [-0.2, -0.15) is 0 Å². The first-order chi connectivity index (χ1) is 27.9. The van der Waals surface area contributed by atoms with Gasteiger partial charge >= 0.3 is 5.97 Å². The van der Waals surface area contributed by atoms with Crippen LogP contribution in [0.15, 0.2) is 133 Å². The lowest BCUT2D eigenvalue weighted by molar-refractivity contribution is 0.0696.